The monoisotopic (exact) mass is 533 g/mol. The fourth-order valence-electron chi connectivity index (χ4n) is 4.73. The number of imidazole rings is 1. The Morgan fingerprint density at radius 1 is 1.08 bits per heavy atom. The van der Waals surface area contributed by atoms with Crippen LogP contribution in [-0.4, -0.2) is 45.8 Å². The molecule has 12 heteroatoms. The second kappa shape index (κ2) is 8.99. The van der Waals surface area contributed by atoms with Gasteiger partial charge in [-0.1, -0.05) is 23.2 Å². The fraction of sp³-hybridized carbons (Fsp3) is 0.120. The third kappa shape index (κ3) is 4.09. The number of nitrogens with one attached hydrogen (secondary N) is 1. The van der Waals surface area contributed by atoms with E-state index in [2.05, 4.69) is 25.5 Å². The van der Waals surface area contributed by atoms with Crippen molar-refractivity contribution in [1.29, 1.82) is 0 Å². The Hall–Kier alpha value is -4.28. The number of aromatic carboxylic acids is 1. The van der Waals surface area contributed by atoms with Gasteiger partial charge in [0.15, 0.2) is 0 Å². The number of rotatable bonds is 5. The first-order valence-corrected chi connectivity index (χ1v) is 12.0. The van der Waals surface area contributed by atoms with E-state index in [1.807, 2.05) is 6.07 Å². The molecule has 0 saturated carbocycles. The summed E-state index contributed by atoms with van der Waals surface area (Å²) in [4.78, 5) is 32.5. The molecular formula is C25H17Cl2N7O3. The number of carboxylic acid groups (broad SMARTS) is 1. The molecule has 0 bridgehead atoms. The zero-order valence-corrected chi connectivity index (χ0v) is 20.5. The van der Waals surface area contributed by atoms with Crippen LogP contribution in [0.15, 0.2) is 65.8 Å². The first kappa shape index (κ1) is 23.1. The van der Waals surface area contributed by atoms with Crippen molar-refractivity contribution >= 4 is 29.2 Å². The van der Waals surface area contributed by atoms with Crippen molar-refractivity contribution in [2.24, 2.45) is 0 Å². The summed E-state index contributed by atoms with van der Waals surface area (Å²) in [6.07, 6.45) is 4.42. The number of H-pyrrole nitrogens is 1. The third-order valence-electron chi connectivity index (χ3n) is 6.41. The molecule has 0 unspecified atom stereocenters. The summed E-state index contributed by atoms with van der Waals surface area (Å²) >= 11 is 12.6. The molecule has 6 rings (SSSR count). The molecule has 5 aromatic rings. The molecule has 3 aromatic heterocycles. The molecule has 0 aliphatic carbocycles. The quantitative estimate of drug-likeness (QED) is 0.341. The number of hydrogen-bond donors (Lipinski definition) is 2. The number of hydrogen-bond acceptors (Lipinski definition) is 6. The second-order valence-electron chi connectivity index (χ2n) is 8.60. The van der Waals surface area contributed by atoms with E-state index in [9.17, 15) is 14.7 Å². The number of fused-ring (bicyclic) bond motifs is 1. The van der Waals surface area contributed by atoms with Gasteiger partial charge in [-0.3, -0.25) is 4.79 Å². The zero-order valence-electron chi connectivity index (χ0n) is 19.0. The highest BCUT2D eigenvalue weighted by Gasteiger charge is 2.28. The Balaban J connectivity index is 1.38. The van der Waals surface area contributed by atoms with Gasteiger partial charge in [-0.05, 0) is 71.3 Å². The average Bonchev–Trinajstić information content (AvgIpc) is 3.64. The number of carbonyl (C=O) groups is 1. The molecule has 2 N–H and O–H groups in total. The van der Waals surface area contributed by atoms with Crippen molar-refractivity contribution in [3.8, 4) is 28.1 Å². The van der Waals surface area contributed by atoms with Crippen LogP contribution in [0.25, 0.3) is 28.1 Å². The second-order valence-corrected chi connectivity index (χ2v) is 9.44. The largest absolute Gasteiger partial charge is 0.478 e. The number of aromatic nitrogens is 7. The minimum atomic E-state index is -1.05. The van der Waals surface area contributed by atoms with E-state index in [0.717, 1.165) is 11.3 Å². The molecule has 10 nitrogen and oxygen atoms in total. The lowest BCUT2D eigenvalue weighted by atomic mass is 10.0. The predicted octanol–water partition coefficient (Wildman–Crippen LogP) is 4.42. The SMILES string of the molecule is O=C(O)c1ccc(Cl)c(-c2cnc([C@@H]3CCc4cc(-c5cc(Cl)ccc5-n5cnnn5)cc(=O)n43)[nH]2)c1. The molecule has 2 aromatic carbocycles. The summed E-state index contributed by atoms with van der Waals surface area (Å²) < 4.78 is 3.25. The summed E-state index contributed by atoms with van der Waals surface area (Å²) in [6.45, 7) is 0. The van der Waals surface area contributed by atoms with Gasteiger partial charge in [0.25, 0.3) is 5.56 Å². The van der Waals surface area contributed by atoms with Crippen molar-refractivity contribution in [1.82, 2.24) is 34.7 Å². The molecule has 0 radical (unpaired) electrons. The van der Waals surface area contributed by atoms with Gasteiger partial charge in [0.1, 0.15) is 12.2 Å². The zero-order chi connectivity index (χ0) is 25.7. The van der Waals surface area contributed by atoms with Crippen molar-refractivity contribution in [3.63, 3.8) is 0 Å². The standard InChI is InChI=1S/C25H17Cl2N7O3/c26-15-2-5-21(33-12-29-31-32-33)17(10-15)14-7-16-3-6-22(34(16)23(35)9-14)24-28-11-20(30-24)18-8-13(25(36)37)1-4-19(18)27/h1-2,4-5,7-12,22H,3,6H2,(H,28,30)(H,36,37)/t22-/m0/s1. The lowest BCUT2D eigenvalue weighted by Crippen LogP contribution is -2.23. The Bertz CT molecular complexity index is 1730. The van der Waals surface area contributed by atoms with E-state index in [1.165, 1.54) is 29.2 Å². The van der Waals surface area contributed by atoms with Crippen LogP contribution in [0.5, 0.6) is 0 Å². The maximum Gasteiger partial charge on any atom is 0.335 e. The molecule has 0 fully saturated rings. The highest BCUT2D eigenvalue weighted by molar-refractivity contribution is 6.33. The van der Waals surface area contributed by atoms with Crippen LogP contribution >= 0.6 is 23.2 Å². The van der Waals surface area contributed by atoms with E-state index in [4.69, 9.17) is 23.2 Å². The van der Waals surface area contributed by atoms with Crippen LogP contribution in [0.2, 0.25) is 10.0 Å². The van der Waals surface area contributed by atoms with Crippen LogP contribution in [0.1, 0.15) is 34.3 Å². The van der Waals surface area contributed by atoms with E-state index < -0.39 is 5.97 Å². The number of carboxylic acids is 1. The number of benzene rings is 2. The summed E-state index contributed by atoms with van der Waals surface area (Å²) in [5.41, 5.74) is 4.04. The van der Waals surface area contributed by atoms with Crippen molar-refractivity contribution in [2.75, 3.05) is 0 Å². The van der Waals surface area contributed by atoms with Gasteiger partial charge in [-0.25, -0.2) is 9.78 Å². The van der Waals surface area contributed by atoms with Gasteiger partial charge in [0, 0.05) is 32.9 Å². The van der Waals surface area contributed by atoms with E-state index in [0.29, 0.717) is 51.2 Å². The average molecular weight is 534 g/mol. The topological polar surface area (TPSA) is 132 Å². The third-order valence-corrected chi connectivity index (χ3v) is 6.98. The lowest BCUT2D eigenvalue weighted by Gasteiger charge is -2.15. The van der Waals surface area contributed by atoms with Gasteiger partial charge in [-0.15, -0.1) is 5.10 Å². The Morgan fingerprint density at radius 3 is 2.73 bits per heavy atom. The molecule has 1 aliphatic rings. The van der Waals surface area contributed by atoms with Crippen LogP contribution in [0, 0.1) is 0 Å². The van der Waals surface area contributed by atoms with Gasteiger partial charge in [0.05, 0.1) is 29.2 Å². The first-order chi connectivity index (χ1) is 17.9. The van der Waals surface area contributed by atoms with E-state index >= 15 is 0 Å². The number of tetrazole rings is 1. The highest BCUT2D eigenvalue weighted by Crippen LogP contribution is 2.35. The van der Waals surface area contributed by atoms with Crippen LogP contribution in [-0.2, 0) is 6.42 Å². The molecule has 37 heavy (non-hydrogen) atoms. The Labute approximate surface area is 219 Å². The smallest absolute Gasteiger partial charge is 0.335 e. The molecular weight excluding hydrogens is 517 g/mol. The van der Waals surface area contributed by atoms with E-state index in [1.54, 1.807) is 35.0 Å². The maximum atomic E-state index is 13.4. The molecule has 184 valence electrons. The number of halogens is 2. The normalized spacial score (nSPS) is 14.6. The van der Waals surface area contributed by atoms with Gasteiger partial charge >= 0.3 is 5.97 Å². The Morgan fingerprint density at radius 2 is 1.95 bits per heavy atom. The first-order valence-electron chi connectivity index (χ1n) is 11.3. The molecule has 4 heterocycles. The summed E-state index contributed by atoms with van der Waals surface area (Å²) in [5.74, 6) is -0.454. The summed E-state index contributed by atoms with van der Waals surface area (Å²) in [7, 11) is 0. The number of aromatic amines is 1. The van der Waals surface area contributed by atoms with E-state index in [-0.39, 0.29) is 17.2 Å². The lowest BCUT2D eigenvalue weighted by molar-refractivity contribution is 0.0697. The van der Waals surface area contributed by atoms with Crippen LogP contribution in [0.3, 0.4) is 0 Å². The summed E-state index contributed by atoms with van der Waals surface area (Å²) in [5, 5.41) is 21.6. The van der Waals surface area contributed by atoms with Crippen molar-refractivity contribution < 1.29 is 9.90 Å². The number of aryl methyl sites for hydroxylation is 1. The van der Waals surface area contributed by atoms with Gasteiger partial charge in [0.2, 0.25) is 0 Å². The predicted molar refractivity (Wildman–Crippen MR) is 136 cm³/mol. The number of pyridine rings is 1. The fourth-order valence-corrected chi connectivity index (χ4v) is 5.12. The molecule has 0 amide bonds. The Kier molecular flexibility index (Phi) is 5.62. The van der Waals surface area contributed by atoms with Crippen LogP contribution < -0.4 is 5.56 Å². The van der Waals surface area contributed by atoms with Crippen molar-refractivity contribution in [3.05, 3.63) is 98.5 Å². The van der Waals surface area contributed by atoms with Crippen molar-refractivity contribution in [2.45, 2.75) is 18.9 Å². The minimum absolute atomic E-state index is 0.118. The highest BCUT2D eigenvalue weighted by atomic mass is 35.5. The number of nitrogens with zero attached hydrogens (tertiary/aromatic N) is 6. The molecule has 0 saturated heterocycles. The molecule has 1 aliphatic heterocycles. The van der Waals surface area contributed by atoms with Gasteiger partial charge in [-0.2, -0.15) is 4.68 Å². The van der Waals surface area contributed by atoms with Gasteiger partial charge < -0.3 is 14.7 Å². The molecule has 0 spiro atoms. The minimum Gasteiger partial charge on any atom is -0.478 e. The summed E-state index contributed by atoms with van der Waals surface area (Å²) in [6, 6.07) is 13.0. The maximum absolute atomic E-state index is 13.4. The molecule has 1 atom stereocenters. The van der Waals surface area contributed by atoms with Crippen LogP contribution in [0.4, 0.5) is 0 Å².